The second-order valence-electron chi connectivity index (χ2n) is 6.23. The molecule has 0 bridgehead atoms. The number of aliphatic carboxylic acids is 1. The van der Waals surface area contributed by atoms with E-state index < -0.39 is 5.97 Å². The highest BCUT2D eigenvalue weighted by molar-refractivity contribution is 5.69. The first-order valence-corrected chi connectivity index (χ1v) is 7.72. The van der Waals surface area contributed by atoms with Crippen LogP contribution in [0, 0.1) is 5.92 Å². The number of hydrogen-bond donors (Lipinski definition) is 1. The topological polar surface area (TPSA) is 53.0 Å². The van der Waals surface area contributed by atoms with Gasteiger partial charge in [-0.05, 0) is 19.3 Å². The van der Waals surface area contributed by atoms with Gasteiger partial charge in [-0.2, -0.15) is 0 Å². The van der Waals surface area contributed by atoms with Gasteiger partial charge in [-0.3, -0.25) is 14.6 Å². The molecule has 0 aliphatic carbocycles. The molecule has 0 aromatic heterocycles. The average Bonchev–Trinajstić information content (AvgIpc) is 2.36. The summed E-state index contributed by atoms with van der Waals surface area (Å²) in [5.74, 6) is -0.112. The largest absolute Gasteiger partial charge is 0.480 e. The maximum Gasteiger partial charge on any atom is 0.317 e. The fraction of sp³-hybridized carbons (Fsp3) is 0.933. The zero-order valence-corrected chi connectivity index (χ0v) is 13.3. The Morgan fingerprint density at radius 1 is 1.45 bits per heavy atom. The summed E-state index contributed by atoms with van der Waals surface area (Å²) >= 11 is 0. The normalized spacial score (nSPS) is 22.4. The van der Waals surface area contributed by atoms with Gasteiger partial charge in [0.15, 0.2) is 0 Å². The Bertz CT molecular complexity index is 297. The molecule has 2 unspecified atom stereocenters. The zero-order chi connectivity index (χ0) is 15.1. The molecular formula is C15H30N2O3. The molecule has 5 nitrogen and oxygen atoms in total. The van der Waals surface area contributed by atoms with Crippen LogP contribution in [0.5, 0.6) is 0 Å². The minimum atomic E-state index is -0.764. The number of nitrogens with zero attached hydrogens (tertiary/aromatic N) is 2. The quantitative estimate of drug-likeness (QED) is 0.733. The van der Waals surface area contributed by atoms with Gasteiger partial charge in [0.2, 0.25) is 0 Å². The summed E-state index contributed by atoms with van der Waals surface area (Å²) in [5, 5.41) is 9.04. The highest BCUT2D eigenvalue weighted by atomic mass is 16.5. The highest BCUT2D eigenvalue weighted by Gasteiger charge is 2.25. The maximum atomic E-state index is 11.0. The molecule has 1 fully saturated rings. The molecule has 1 heterocycles. The lowest BCUT2D eigenvalue weighted by molar-refractivity contribution is -0.139. The number of ether oxygens (including phenoxy) is 1. The summed E-state index contributed by atoms with van der Waals surface area (Å²) < 4.78 is 5.82. The number of carbonyl (C=O) groups is 1. The van der Waals surface area contributed by atoms with Gasteiger partial charge in [0.05, 0.1) is 19.3 Å². The number of morpholine rings is 1. The van der Waals surface area contributed by atoms with Crippen LogP contribution in [0.2, 0.25) is 0 Å². The molecule has 5 heteroatoms. The van der Waals surface area contributed by atoms with Gasteiger partial charge in [-0.15, -0.1) is 0 Å². The average molecular weight is 286 g/mol. The fourth-order valence-corrected chi connectivity index (χ4v) is 2.67. The lowest BCUT2D eigenvalue weighted by Gasteiger charge is -2.37. The first-order valence-electron chi connectivity index (χ1n) is 7.72. The molecule has 0 aromatic rings. The third-order valence-corrected chi connectivity index (χ3v) is 3.84. The van der Waals surface area contributed by atoms with Gasteiger partial charge >= 0.3 is 5.97 Å². The smallest absolute Gasteiger partial charge is 0.317 e. The van der Waals surface area contributed by atoms with Crippen LogP contribution >= 0.6 is 0 Å². The molecule has 1 rings (SSSR count). The Morgan fingerprint density at radius 3 is 2.70 bits per heavy atom. The predicted octanol–water partition coefficient (Wildman–Crippen LogP) is 1.53. The van der Waals surface area contributed by atoms with Crippen molar-refractivity contribution >= 4 is 5.97 Å². The van der Waals surface area contributed by atoms with E-state index in [-0.39, 0.29) is 18.7 Å². The first kappa shape index (κ1) is 17.4. The summed E-state index contributed by atoms with van der Waals surface area (Å²) in [4.78, 5) is 15.4. The molecule has 1 aliphatic heterocycles. The molecule has 0 saturated carbocycles. The Hall–Kier alpha value is -0.650. The van der Waals surface area contributed by atoms with Gasteiger partial charge in [-0.25, -0.2) is 0 Å². The SMILES string of the molecule is CCC(C)N(CC(=O)O)CC1CN(CC(C)C)CCO1. The van der Waals surface area contributed by atoms with Gasteiger partial charge in [-0.1, -0.05) is 20.8 Å². The van der Waals surface area contributed by atoms with Crippen LogP contribution in [-0.2, 0) is 9.53 Å². The van der Waals surface area contributed by atoms with E-state index in [0.717, 1.165) is 32.7 Å². The van der Waals surface area contributed by atoms with E-state index in [1.165, 1.54) is 0 Å². The van der Waals surface area contributed by atoms with Gasteiger partial charge in [0.25, 0.3) is 0 Å². The van der Waals surface area contributed by atoms with Crippen molar-refractivity contribution in [1.82, 2.24) is 9.80 Å². The summed E-state index contributed by atoms with van der Waals surface area (Å²) in [7, 11) is 0. The van der Waals surface area contributed by atoms with Crippen molar-refractivity contribution in [2.45, 2.75) is 46.3 Å². The second kappa shape index (κ2) is 8.60. The van der Waals surface area contributed by atoms with E-state index in [1.807, 2.05) is 4.90 Å². The van der Waals surface area contributed by atoms with E-state index in [1.54, 1.807) is 0 Å². The van der Waals surface area contributed by atoms with E-state index >= 15 is 0 Å². The zero-order valence-electron chi connectivity index (χ0n) is 13.3. The molecule has 0 aromatic carbocycles. The third kappa shape index (κ3) is 6.20. The molecule has 2 atom stereocenters. The molecule has 20 heavy (non-hydrogen) atoms. The van der Waals surface area contributed by atoms with E-state index in [0.29, 0.717) is 12.5 Å². The maximum absolute atomic E-state index is 11.0. The third-order valence-electron chi connectivity index (χ3n) is 3.84. The predicted molar refractivity (Wildman–Crippen MR) is 80.0 cm³/mol. The summed E-state index contributed by atoms with van der Waals surface area (Å²) in [6.45, 7) is 13.1. The van der Waals surface area contributed by atoms with E-state index in [2.05, 4.69) is 32.6 Å². The molecule has 118 valence electrons. The summed E-state index contributed by atoms with van der Waals surface area (Å²) in [6.07, 6.45) is 1.08. The number of hydrogen-bond acceptors (Lipinski definition) is 4. The van der Waals surface area contributed by atoms with Crippen molar-refractivity contribution < 1.29 is 14.6 Å². The molecule has 0 radical (unpaired) electrons. The summed E-state index contributed by atoms with van der Waals surface area (Å²) in [5.41, 5.74) is 0. The second-order valence-corrected chi connectivity index (χ2v) is 6.23. The van der Waals surface area contributed by atoms with Gasteiger partial charge in [0, 0.05) is 32.2 Å². The van der Waals surface area contributed by atoms with Crippen molar-refractivity contribution in [2.24, 2.45) is 5.92 Å². The lowest BCUT2D eigenvalue weighted by atomic mass is 10.1. The Morgan fingerprint density at radius 2 is 2.15 bits per heavy atom. The Kier molecular flexibility index (Phi) is 7.48. The monoisotopic (exact) mass is 286 g/mol. The van der Waals surface area contributed by atoms with Crippen molar-refractivity contribution in [2.75, 3.05) is 39.3 Å². The van der Waals surface area contributed by atoms with Crippen molar-refractivity contribution in [3.8, 4) is 0 Å². The molecule has 0 spiro atoms. The van der Waals surface area contributed by atoms with E-state index in [4.69, 9.17) is 9.84 Å². The molecule has 1 aliphatic rings. The van der Waals surface area contributed by atoms with Crippen molar-refractivity contribution in [3.05, 3.63) is 0 Å². The number of rotatable bonds is 8. The van der Waals surface area contributed by atoms with Crippen molar-refractivity contribution in [1.29, 1.82) is 0 Å². The fourth-order valence-electron chi connectivity index (χ4n) is 2.67. The molecule has 1 N–H and O–H groups in total. The first-order chi connectivity index (χ1) is 9.42. The Labute approximate surface area is 122 Å². The summed E-state index contributed by atoms with van der Waals surface area (Å²) in [6, 6.07) is 0.273. The van der Waals surface area contributed by atoms with E-state index in [9.17, 15) is 4.79 Å². The van der Waals surface area contributed by atoms with Crippen LogP contribution in [0.1, 0.15) is 34.1 Å². The molecule has 1 saturated heterocycles. The van der Waals surface area contributed by atoms with Crippen LogP contribution in [0.3, 0.4) is 0 Å². The van der Waals surface area contributed by atoms with Crippen LogP contribution in [0.4, 0.5) is 0 Å². The lowest BCUT2D eigenvalue weighted by Crippen LogP contribution is -2.50. The standard InChI is InChI=1S/C15H30N2O3/c1-5-13(4)17(11-15(18)19)10-14-9-16(6-7-20-14)8-12(2)3/h12-14H,5-11H2,1-4H3,(H,18,19). The van der Waals surface area contributed by atoms with Crippen LogP contribution in [0.25, 0.3) is 0 Å². The van der Waals surface area contributed by atoms with Crippen LogP contribution in [0.15, 0.2) is 0 Å². The van der Waals surface area contributed by atoms with Gasteiger partial charge in [0.1, 0.15) is 0 Å². The van der Waals surface area contributed by atoms with Crippen molar-refractivity contribution in [3.63, 3.8) is 0 Å². The van der Waals surface area contributed by atoms with Crippen LogP contribution in [-0.4, -0.2) is 72.4 Å². The van der Waals surface area contributed by atoms with Gasteiger partial charge < -0.3 is 9.84 Å². The molecular weight excluding hydrogens is 256 g/mol. The van der Waals surface area contributed by atoms with Crippen LogP contribution < -0.4 is 0 Å². The minimum absolute atomic E-state index is 0.0963. The highest BCUT2D eigenvalue weighted by Crippen LogP contribution is 2.12. The molecule has 0 amide bonds. The Balaban J connectivity index is 2.51. The number of carboxylic acid groups (broad SMARTS) is 1. The minimum Gasteiger partial charge on any atom is -0.480 e. The number of carboxylic acids is 1.